The molecule has 0 bridgehead atoms. The number of fused-ring (bicyclic) bond motifs is 5. The number of imidazole rings is 1. The lowest BCUT2D eigenvalue weighted by Gasteiger charge is -2.42. The maximum atomic E-state index is 14.2. The summed E-state index contributed by atoms with van der Waals surface area (Å²) in [6.45, 7) is 22.1. The Morgan fingerprint density at radius 3 is 1.94 bits per heavy atom. The highest BCUT2D eigenvalue weighted by Gasteiger charge is 2.45. The quantitative estimate of drug-likeness (QED) is 0.00945. The molecule has 4 saturated heterocycles. The summed E-state index contributed by atoms with van der Waals surface area (Å²) < 4.78 is 73.7. The number of allylic oxidation sites excluding steroid dienone is 6. The predicted octanol–water partition coefficient (Wildman–Crippen LogP) is 11.6. The van der Waals surface area contributed by atoms with E-state index in [1.54, 1.807) is 35.2 Å². The molecule has 6 N–H and O–H groups in total. The third kappa shape index (κ3) is 21.5. The van der Waals surface area contributed by atoms with Crippen molar-refractivity contribution in [3.63, 3.8) is 0 Å². The normalized spacial score (nSPS) is 18.9. The smallest absolute Gasteiger partial charge is 0.326 e. The van der Waals surface area contributed by atoms with E-state index in [-0.39, 0.29) is 76.8 Å². The molecule has 0 spiro atoms. The summed E-state index contributed by atoms with van der Waals surface area (Å²) in [5, 5.41) is 12.3. The topological polar surface area (TPSA) is 309 Å². The zero-order chi connectivity index (χ0) is 85.0. The van der Waals surface area contributed by atoms with E-state index in [2.05, 4.69) is 92.3 Å². The number of aromatic nitrogens is 2. The van der Waals surface area contributed by atoms with Gasteiger partial charge in [-0.15, -0.1) is 0 Å². The number of amides is 5. The second-order valence-electron chi connectivity index (χ2n) is 34.7. The van der Waals surface area contributed by atoms with Gasteiger partial charge in [-0.25, -0.2) is 13.2 Å². The highest BCUT2D eigenvalue weighted by molar-refractivity contribution is 7.86. The van der Waals surface area contributed by atoms with E-state index in [9.17, 15) is 54.7 Å². The molecule has 644 valence electrons. The number of piperazine rings is 1. The van der Waals surface area contributed by atoms with Crippen molar-refractivity contribution in [2.45, 2.75) is 158 Å². The number of unbranched alkanes of at least 4 members (excludes halogenated alkanes) is 4. The number of H-pyrrole nitrogens is 1. The number of aromatic amines is 1. The molecule has 7 aliphatic rings. The fourth-order valence-electron chi connectivity index (χ4n) is 19.2. The SMILES string of the molecule is CC1(C)C(/C=C/C=C/C=C2/N(CCCCCC(=O)NCc3cc(C(=O)NCCN4CCC(N5CCC(n6c(=O)[nH]c7ccccc76)CC5)CC4)cc(C(=O)NCCN4CCN(CCCCC5CCN(CC(=O)N6c7ccccc7NC(=O)c7ccccc76)CC5)CC4)c3)c3ccc(S(=O)(=O)[O-])cc3C2(C)C)=[N+](CCCCS(=O)(=O)O)c2ccccc21. The molecule has 28 heteroatoms. The Balaban J connectivity index is 0.551. The molecule has 4 fully saturated rings. The fraction of sp³-hybridized carbons (Fsp3) is 0.473. The number of rotatable bonds is 34. The van der Waals surface area contributed by atoms with Crippen LogP contribution >= 0.6 is 0 Å². The number of para-hydroxylation sites is 6. The third-order valence-corrected chi connectivity index (χ3v) is 27.5. The van der Waals surface area contributed by atoms with Crippen LogP contribution in [0.15, 0.2) is 179 Å². The summed E-state index contributed by atoms with van der Waals surface area (Å²) in [6, 6.07) is 41.1. The van der Waals surface area contributed by atoms with E-state index in [1.807, 2.05) is 122 Å². The Kier molecular flexibility index (Phi) is 28.4. The van der Waals surface area contributed by atoms with E-state index in [1.165, 1.54) is 12.1 Å². The van der Waals surface area contributed by atoms with Gasteiger partial charge in [-0.05, 0) is 207 Å². The van der Waals surface area contributed by atoms with Gasteiger partial charge in [0.25, 0.3) is 27.8 Å². The number of likely N-dealkylation sites (tertiary alicyclic amines) is 3. The Morgan fingerprint density at radius 1 is 0.587 bits per heavy atom. The van der Waals surface area contributed by atoms with Crippen molar-refractivity contribution in [3.8, 4) is 0 Å². The maximum Gasteiger partial charge on any atom is 0.326 e. The summed E-state index contributed by atoms with van der Waals surface area (Å²) in [7, 11) is -8.83. The van der Waals surface area contributed by atoms with Crippen LogP contribution in [0.2, 0.25) is 0 Å². The Bertz CT molecular complexity index is 5350. The molecular formula is C93H118N14O12S2. The fourth-order valence-corrected chi connectivity index (χ4v) is 20.2. The van der Waals surface area contributed by atoms with Gasteiger partial charge in [0.05, 0.1) is 56.3 Å². The van der Waals surface area contributed by atoms with Gasteiger partial charge < -0.3 is 50.4 Å². The molecule has 0 atom stereocenters. The van der Waals surface area contributed by atoms with Crippen LogP contribution in [0.3, 0.4) is 0 Å². The first-order valence-corrected chi connectivity index (χ1v) is 46.5. The molecule has 26 nitrogen and oxygen atoms in total. The van der Waals surface area contributed by atoms with Gasteiger partial charge in [-0.2, -0.15) is 13.0 Å². The molecule has 14 rings (SSSR count). The van der Waals surface area contributed by atoms with Crippen molar-refractivity contribution in [3.05, 3.63) is 213 Å². The van der Waals surface area contributed by atoms with Gasteiger partial charge in [0, 0.05) is 149 Å². The molecule has 6 aromatic carbocycles. The number of hydrogen-bond acceptors (Lipinski definition) is 17. The summed E-state index contributed by atoms with van der Waals surface area (Å²) in [6.07, 6.45) is 22.3. The number of nitrogens with one attached hydrogen (secondary N) is 5. The molecule has 7 aromatic rings. The molecule has 5 amide bonds. The number of anilines is 4. The van der Waals surface area contributed by atoms with Crippen molar-refractivity contribution in [2.24, 2.45) is 5.92 Å². The molecule has 0 radical (unpaired) electrons. The number of hydrogen-bond donors (Lipinski definition) is 6. The predicted molar refractivity (Wildman–Crippen MR) is 473 cm³/mol. The second-order valence-corrected chi connectivity index (χ2v) is 37.6. The first-order valence-electron chi connectivity index (χ1n) is 43.5. The van der Waals surface area contributed by atoms with Crippen molar-refractivity contribution in [1.29, 1.82) is 0 Å². The first kappa shape index (κ1) is 87.6. The van der Waals surface area contributed by atoms with E-state index < -0.39 is 25.7 Å². The third-order valence-electron chi connectivity index (χ3n) is 25.9. The molecule has 121 heavy (non-hydrogen) atoms. The average Bonchev–Trinajstić information content (AvgIpc) is 1.56. The molecule has 7 aliphatic heterocycles. The maximum absolute atomic E-state index is 14.2. The largest absolute Gasteiger partial charge is 0.744 e. The standard InChI is InChI=1S/C93H118N14O12S2/c1-92(2)75-25-11-15-29-80(75)104(47-21-22-60-120(114,115)116)84(92)32-7-5-8-33-85-93(3,4)76-64-73(121(117,118)119)35-36-81(76)105(85)46-19-6-9-34-86(108)96-65-68-61-69(88(110)94-43-54-100-50-39-71(40-51-100)103-52-41-72(42-53-103)106-82-30-16-13-27-78(82)98-91(106)113)63-70(62-68)89(111)95-44-55-101-58-56-99(57-59-101)45-20-18-23-67-37-48-102(49-38-67)66-87(109)107-79-28-14-10-24-74(79)90(112)97-77-26-12-17-31-83(77)107/h5,7-8,10-17,24-33,35-36,61-64,67,71-72H,6,9,18-23,34,37-60,65-66H2,1-4H3,(H6-,94,95,96,97,98,108,110,111,112,113,114,115,116,117,118,119). The molecule has 0 unspecified atom stereocenters. The second kappa shape index (κ2) is 39.2. The van der Waals surface area contributed by atoms with Crippen LogP contribution < -0.4 is 36.8 Å². The van der Waals surface area contributed by atoms with E-state index in [4.69, 9.17) is 0 Å². The minimum Gasteiger partial charge on any atom is -0.744 e. The number of carbonyl (C=O) groups is 5. The van der Waals surface area contributed by atoms with E-state index in [0.29, 0.717) is 128 Å². The van der Waals surface area contributed by atoms with Gasteiger partial charge in [0.1, 0.15) is 16.7 Å². The van der Waals surface area contributed by atoms with Crippen LogP contribution in [0.1, 0.15) is 178 Å². The van der Waals surface area contributed by atoms with Crippen molar-refractivity contribution < 1.29 is 54.5 Å². The highest BCUT2D eigenvalue weighted by Crippen LogP contribution is 2.49. The number of carbonyl (C=O) groups excluding carboxylic acids is 5. The van der Waals surface area contributed by atoms with Gasteiger partial charge in [0.15, 0.2) is 5.71 Å². The van der Waals surface area contributed by atoms with Gasteiger partial charge in [-0.3, -0.25) is 47.8 Å². The monoisotopic (exact) mass is 1690 g/mol. The number of nitrogens with zero attached hydrogens (tertiary/aromatic N) is 9. The lowest BCUT2D eigenvalue weighted by molar-refractivity contribution is -0.438. The lowest BCUT2D eigenvalue weighted by Crippen LogP contribution is -2.49. The van der Waals surface area contributed by atoms with Crippen molar-refractivity contribution >= 4 is 95.0 Å². The highest BCUT2D eigenvalue weighted by atomic mass is 32.2. The molecule has 8 heterocycles. The molecule has 1 aromatic heterocycles. The van der Waals surface area contributed by atoms with Crippen LogP contribution in [0.25, 0.3) is 11.0 Å². The minimum absolute atomic E-state index is 0.0470. The zero-order valence-corrected chi connectivity index (χ0v) is 72.0. The van der Waals surface area contributed by atoms with E-state index >= 15 is 0 Å². The average molecular weight is 1690 g/mol. The first-order chi connectivity index (χ1) is 58.2. The Labute approximate surface area is 711 Å². The lowest BCUT2D eigenvalue weighted by atomic mass is 9.81. The van der Waals surface area contributed by atoms with Crippen LogP contribution in [0.5, 0.6) is 0 Å². The molecule has 0 aliphatic carbocycles. The zero-order valence-electron chi connectivity index (χ0n) is 70.3. The van der Waals surface area contributed by atoms with Crippen LogP contribution in [-0.4, -0.2) is 229 Å². The minimum atomic E-state index is -4.75. The summed E-state index contributed by atoms with van der Waals surface area (Å²) in [5.74, 6) is -0.765. The molecule has 0 saturated carbocycles. The van der Waals surface area contributed by atoms with E-state index in [0.717, 1.165) is 169 Å². The summed E-state index contributed by atoms with van der Waals surface area (Å²) in [5.41, 5.74) is 9.97. The summed E-state index contributed by atoms with van der Waals surface area (Å²) in [4.78, 5) is 101. The van der Waals surface area contributed by atoms with Crippen LogP contribution in [-0.2, 0) is 47.2 Å². The summed E-state index contributed by atoms with van der Waals surface area (Å²) >= 11 is 0. The number of piperidine rings is 3. The van der Waals surface area contributed by atoms with Crippen molar-refractivity contribution in [1.82, 2.24) is 50.0 Å². The van der Waals surface area contributed by atoms with Gasteiger partial charge in [-0.1, -0.05) is 106 Å². The van der Waals surface area contributed by atoms with Gasteiger partial charge in [0.2, 0.25) is 17.5 Å². The van der Waals surface area contributed by atoms with Crippen LogP contribution in [0.4, 0.5) is 28.4 Å². The van der Waals surface area contributed by atoms with Crippen molar-refractivity contribution in [2.75, 3.05) is 139 Å². The number of benzene rings is 6. The van der Waals surface area contributed by atoms with Gasteiger partial charge >= 0.3 is 5.69 Å². The Hall–Kier alpha value is -9.75. The van der Waals surface area contributed by atoms with Crippen LogP contribution in [0, 0.1) is 5.92 Å². The Morgan fingerprint density at radius 2 is 1.22 bits per heavy atom. The molecular weight excluding hydrogens is 1570 g/mol.